The van der Waals surface area contributed by atoms with Gasteiger partial charge in [-0.05, 0) is 45.6 Å². The summed E-state index contributed by atoms with van der Waals surface area (Å²) in [7, 11) is 0. The summed E-state index contributed by atoms with van der Waals surface area (Å²) in [5, 5.41) is 19.9. The van der Waals surface area contributed by atoms with Crippen molar-refractivity contribution in [1.82, 2.24) is 0 Å². The first-order valence-electron chi connectivity index (χ1n) is 8.47. The van der Waals surface area contributed by atoms with Crippen LogP contribution in [0.1, 0.15) is 40.0 Å². The van der Waals surface area contributed by atoms with E-state index >= 15 is 0 Å². The molecule has 3 atom stereocenters. The molecule has 0 radical (unpaired) electrons. The first-order chi connectivity index (χ1) is 11.2. The second-order valence-corrected chi connectivity index (χ2v) is 7.43. The molecule has 0 aromatic rings. The third kappa shape index (κ3) is 4.92. The summed E-state index contributed by atoms with van der Waals surface area (Å²) >= 11 is 0. The van der Waals surface area contributed by atoms with Gasteiger partial charge in [-0.2, -0.15) is 0 Å². The lowest BCUT2D eigenvalue weighted by molar-refractivity contribution is -0.151. The van der Waals surface area contributed by atoms with Crippen molar-refractivity contribution in [2.75, 3.05) is 6.61 Å². The van der Waals surface area contributed by atoms with Gasteiger partial charge in [-0.15, -0.1) is 0 Å². The fraction of sp³-hybridized carbons (Fsp3) is 0.550. The molecule has 1 saturated heterocycles. The third-order valence-electron chi connectivity index (χ3n) is 4.57. The average molecular weight is 332 g/mol. The van der Waals surface area contributed by atoms with Gasteiger partial charge in [0.15, 0.2) is 0 Å². The molecule has 2 aliphatic rings. The predicted molar refractivity (Wildman–Crippen MR) is 94.2 cm³/mol. The molecule has 1 fully saturated rings. The minimum absolute atomic E-state index is 0.0267. The van der Waals surface area contributed by atoms with Crippen molar-refractivity contribution in [3.8, 4) is 0 Å². The van der Waals surface area contributed by atoms with Gasteiger partial charge < -0.3 is 14.9 Å². The van der Waals surface area contributed by atoms with E-state index in [4.69, 9.17) is 4.74 Å². The molecule has 4 nitrogen and oxygen atoms in total. The van der Waals surface area contributed by atoms with Gasteiger partial charge in [0.25, 0.3) is 0 Å². The first-order valence-corrected chi connectivity index (χ1v) is 8.47. The molecule has 1 heterocycles. The molecular formula is C20H28O4. The number of aliphatic hydroxyl groups excluding tert-OH is 1. The van der Waals surface area contributed by atoms with Crippen molar-refractivity contribution >= 4 is 5.97 Å². The van der Waals surface area contributed by atoms with Crippen LogP contribution in [0.25, 0.3) is 0 Å². The maximum Gasteiger partial charge on any atom is 0.314 e. The van der Waals surface area contributed by atoms with E-state index in [1.165, 1.54) is 0 Å². The number of ether oxygens (including phenoxy) is 1. The van der Waals surface area contributed by atoms with E-state index in [2.05, 4.69) is 6.58 Å². The molecule has 0 aromatic heterocycles. The Morgan fingerprint density at radius 3 is 2.79 bits per heavy atom. The Morgan fingerprint density at radius 2 is 2.12 bits per heavy atom. The van der Waals surface area contributed by atoms with Gasteiger partial charge in [-0.3, -0.25) is 4.79 Å². The topological polar surface area (TPSA) is 66.8 Å². The Morgan fingerprint density at radius 1 is 1.42 bits per heavy atom. The van der Waals surface area contributed by atoms with Crippen LogP contribution < -0.4 is 0 Å². The fourth-order valence-electron chi connectivity index (χ4n) is 3.36. The molecule has 2 N–H and O–H groups in total. The third-order valence-corrected chi connectivity index (χ3v) is 4.57. The van der Waals surface area contributed by atoms with Gasteiger partial charge in [-0.1, -0.05) is 42.0 Å². The van der Waals surface area contributed by atoms with Crippen molar-refractivity contribution in [2.45, 2.75) is 51.7 Å². The summed E-state index contributed by atoms with van der Waals surface area (Å²) in [5.41, 5.74) is 2.00. The summed E-state index contributed by atoms with van der Waals surface area (Å²) in [6, 6.07) is 0. The summed E-state index contributed by atoms with van der Waals surface area (Å²) in [4.78, 5) is 12.3. The van der Waals surface area contributed by atoms with Crippen LogP contribution in [0.2, 0.25) is 0 Å². The highest BCUT2D eigenvalue weighted by atomic mass is 16.5. The fourth-order valence-corrected chi connectivity index (χ4v) is 3.36. The zero-order valence-electron chi connectivity index (χ0n) is 14.8. The summed E-state index contributed by atoms with van der Waals surface area (Å²) < 4.78 is 5.35. The Bertz CT molecular complexity index is 589. The van der Waals surface area contributed by atoms with E-state index in [1.807, 2.05) is 25.2 Å². The molecule has 0 spiro atoms. The van der Waals surface area contributed by atoms with Crippen LogP contribution in [0.3, 0.4) is 0 Å². The highest BCUT2D eigenvalue weighted by Crippen LogP contribution is 2.39. The van der Waals surface area contributed by atoms with E-state index in [9.17, 15) is 15.0 Å². The maximum atomic E-state index is 12.3. The second-order valence-electron chi connectivity index (χ2n) is 7.43. The second kappa shape index (κ2) is 7.49. The Balaban J connectivity index is 2.31. The van der Waals surface area contributed by atoms with Crippen molar-refractivity contribution in [2.24, 2.45) is 11.8 Å². The predicted octanol–water partition coefficient (Wildman–Crippen LogP) is 3.08. The SMILES string of the molecule is C=C1C[C@@H](O)/C=C(\C)CC[C@@H]2/C(=C\C=C\C(C)(C)O)COC(=O)[C@@H]12. The lowest BCUT2D eigenvalue weighted by Gasteiger charge is -2.33. The highest BCUT2D eigenvalue weighted by Gasteiger charge is 2.38. The first kappa shape index (κ1) is 18.7. The average Bonchev–Trinajstić information content (AvgIpc) is 2.49. The minimum Gasteiger partial charge on any atom is -0.461 e. The van der Waals surface area contributed by atoms with Gasteiger partial charge in [0.2, 0.25) is 0 Å². The largest absolute Gasteiger partial charge is 0.461 e. The number of fused-ring (bicyclic) bond motifs is 1. The lowest BCUT2D eigenvalue weighted by atomic mass is 9.76. The molecule has 4 heteroatoms. The van der Waals surface area contributed by atoms with Crippen molar-refractivity contribution in [3.63, 3.8) is 0 Å². The van der Waals surface area contributed by atoms with E-state index in [0.29, 0.717) is 6.42 Å². The number of esters is 1. The number of cyclic esters (lactones) is 1. The number of allylic oxidation sites excluding steroid dienone is 3. The standard InChI is InChI=1S/C20H28O4/c1-13-7-8-17-15(6-5-9-20(3,4)23)12-24-19(22)18(17)14(2)11-16(21)10-13/h5-6,9-10,16-18,21,23H,2,7-8,11-12H2,1,3-4H3/b9-5+,13-10+,15-6-/t16-,17+,18-/m0/s1. The van der Waals surface area contributed by atoms with Crippen LogP contribution in [0, 0.1) is 11.8 Å². The number of rotatable bonds is 2. The molecular weight excluding hydrogens is 304 g/mol. The molecule has 2 rings (SSSR count). The number of hydrogen-bond acceptors (Lipinski definition) is 4. The molecule has 0 amide bonds. The van der Waals surface area contributed by atoms with Gasteiger partial charge in [0, 0.05) is 5.92 Å². The van der Waals surface area contributed by atoms with Crippen LogP contribution >= 0.6 is 0 Å². The molecule has 24 heavy (non-hydrogen) atoms. The van der Waals surface area contributed by atoms with Crippen LogP contribution in [0.15, 0.2) is 47.6 Å². The number of carbonyl (C=O) groups excluding carboxylic acids is 1. The zero-order valence-corrected chi connectivity index (χ0v) is 14.8. The monoisotopic (exact) mass is 332 g/mol. The molecule has 0 saturated carbocycles. The Labute approximate surface area is 144 Å². The summed E-state index contributed by atoms with van der Waals surface area (Å²) in [6.45, 7) is 9.75. The number of aliphatic hydroxyl groups is 2. The van der Waals surface area contributed by atoms with E-state index in [1.54, 1.807) is 19.9 Å². The van der Waals surface area contributed by atoms with Crippen molar-refractivity contribution in [3.05, 3.63) is 47.6 Å². The van der Waals surface area contributed by atoms with E-state index < -0.39 is 17.6 Å². The van der Waals surface area contributed by atoms with Gasteiger partial charge in [0.1, 0.15) is 6.61 Å². The zero-order chi connectivity index (χ0) is 17.9. The lowest BCUT2D eigenvalue weighted by Crippen LogP contribution is -2.36. The van der Waals surface area contributed by atoms with E-state index in [0.717, 1.165) is 29.6 Å². The Kier molecular flexibility index (Phi) is 5.83. The minimum atomic E-state index is -0.882. The molecule has 132 valence electrons. The van der Waals surface area contributed by atoms with Crippen LogP contribution in [0.4, 0.5) is 0 Å². The highest BCUT2D eigenvalue weighted by molar-refractivity contribution is 5.78. The molecule has 1 aliphatic heterocycles. The van der Waals surface area contributed by atoms with Gasteiger partial charge in [-0.25, -0.2) is 0 Å². The van der Waals surface area contributed by atoms with E-state index in [-0.39, 0.29) is 18.5 Å². The van der Waals surface area contributed by atoms with Gasteiger partial charge >= 0.3 is 5.97 Å². The number of hydrogen-bond donors (Lipinski definition) is 2. The summed E-state index contributed by atoms with van der Waals surface area (Å²) in [6.07, 6.45) is 8.73. The Hall–Kier alpha value is -1.65. The molecule has 0 unspecified atom stereocenters. The van der Waals surface area contributed by atoms with Gasteiger partial charge in [0.05, 0.1) is 17.6 Å². The molecule has 0 bridgehead atoms. The van der Waals surface area contributed by atoms with Crippen LogP contribution in [0.5, 0.6) is 0 Å². The van der Waals surface area contributed by atoms with Crippen molar-refractivity contribution in [1.29, 1.82) is 0 Å². The van der Waals surface area contributed by atoms with Crippen LogP contribution in [-0.2, 0) is 9.53 Å². The summed E-state index contributed by atoms with van der Waals surface area (Å²) in [5.74, 6) is -0.631. The molecule has 1 aliphatic carbocycles. The number of carbonyl (C=O) groups is 1. The van der Waals surface area contributed by atoms with Crippen LogP contribution in [-0.4, -0.2) is 34.5 Å². The maximum absolute atomic E-state index is 12.3. The normalized spacial score (nSPS) is 33.3. The molecule has 0 aromatic carbocycles. The smallest absolute Gasteiger partial charge is 0.314 e. The quantitative estimate of drug-likeness (QED) is 0.602. The van der Waals surface area contributed by atoms with Crippen molar-refractivity contribution < 1.29 is 19.7 Å².